The molecule has 0 aliphatic rings. The summed E-state index contributed by atoms with van der Waals surface area (Å²) in [5, 5.41) is 9.44. The average Bonchev–Trinajstić information content (AvgIpc) is 3.37. The number of methoxy groups -OCH3 is 1. The number of carbonyl (C=O) groups excluding carboxylic acids is 2. The van der Waals surface area contributed by atoms with Crippen molar-refractivity contribution in [3.8, 4) is 12.0 Å². The molecule has 0 saturated heterocycles. The topological polar surface area (TPSA) is 108 Å². The third kappa shape index (κ3) is 3.10. The zero-order valence-electron chi connectivity index (χ0n) is 14.0. The molecule has 0 N–H and O–H groups in total. The second-order valence-electron chi connectivity index (χ2n) is 5.25. The van der Waals surface area contributed by atoms with E-state index in [1.807, 2.05) is 6.07 Å². The number of ether oxygens (including phenoxy) is 2. The third-order valence-electron chi connectivity index (χ3n) is 3.61. The molecule has 8 nitrogen and oxygen atoms in total. The maximum Gasteiger partial charge on any atom is 0.373 e. The number of carbonyl (C=O) groups is 2. The number of nitrogens with zero attached hydrogens (tertiary/aromatic N) is 2. The minimum absolute atomic E-state index is 0.00523. The van der Waals surface area contributed by atoms with Crippen LogP contribution in [0.2, 0.25) is 0 Å². The molecule has 3 aromatic rings. The standard InChI is InChI=1S/C18H14N2O6/c1-11-15(13(9-19)16(25-11)20-7-3-4-8-20)18(22)24-10-12-5-6-14(26-12)17(21)23-2/h3-8H,10H2,1-2H3. The van der Waals surface area contributed by atoms with Gasteiger partial charge in [0.25, 0.3) is 0 Å². The molecule has 8 heteroatoms. The van der Waals surface area contributed by atoms with Gasteiger partial charge in [-0.25, -0.2) is 9.59 Å². The predicted molar refractivity (Wildman–Crippen MR) is 86.7 cm³/mol. The quantitative estimate of drug-likeness (QED) is 0.648. The molecule has 0 bridgehead atoms. The van der Waals surface area contributed by atoms with Gasteiger partial charge in [-0.2, -0.15) is 5.26 Å². The van der Waals surface area contributed by atoms with Crippen molar-refractivity contribution in [2.75, 3.05) is 7.11 Å². The molecule has 0 aliphatic carbocycles. The van der Waals surface area contributed by atoms with E-state index in [9.17, 15) is 14.9 Å². The number of aryl methyl sites for hydroxylation is 1. The molecule has 3 aromatic heterocycles. The van der Waals surface area contributed by atoms with Gasteiger partial charge in [0.2, 0.25) is 11.6 Å². The normalized spacial score (nSPS) is 10.3. The van der Waals surface area contributed by atoms with Crippen LogP contribution in [-0.2, 0) is 16.1 Å². The molecule has 0 spiro atoms. The molecule has 0 aromatic carbocycles. The molecule has 0 saturated carbocycles. The van der Waals surface area contributed by atoms with E-state index < -0.39 is 11.9 Å². The van der Waals surface area contributed by atoms with Crippen molar-refractivity contribution in [3.63, 3.8) is 0 Å². The lowest BCUT2D eigenvalue weighted by molar-refractivity contribution is 0.0436. The SMILES string of the molecule is COC(=O)c1ccc(COC(=O)c2c(C)oc(-n3cccc3)c2C#N)o1. The molecule has 0 unspecified atom stereocenters. The van der Waals surface area contributed by atoms with Crippen molar-refractivity contribution in [1.82, 2.24) is 4.57 Å². The first-order valence-electron chi connectivity index (χ1n) is 7.56. The van der Waals surface area contributed by atoms with Gasteiger partial charge in [-0.15, -0.1) is 0 Å². The number of esters is 2. The summed E-state index contributed by atoms with van der Waals surface area (Å²) in [7, 11) is 1.23. The van der Waals surface area contributed by atoms with Crippen LogP contribution in [0.3, 0.4) is 0 Å². The fraction of sp³-hybridized carbons (Fsp3) is 0.167. The fourth-order valence-electron chi connectivity index (χ4n) is 2.41. The highest BCUT2D eigenvalue weighted by atomic mass is 16.6. The Labute approximate surface area is 148 Å². The Kier molecular flexibility index (Phi) is 4.62. The summed E-state index contributed by atoms with van der Waals surface area (Å²) in [6, 6.07) is 8.44. The van der Waals surface area contributed by atoms with Gasteiger partial charge >= 0.3 is 11.9 Å². The summed E-state index contributed by atoms with van der Waals surface area (Å²) in [5.74, 6) is -0.568. The van der Waals surface area contributed by atoms with E-state index in [4.69, 9.17) is 13.6 Å². The van der Waals surface area contributed by atoms with Crippen molar-refractivity contribution >= 4 is 11.9 Å². The van der Waals surface area contributed by atoms with Crippen molar-refractivity contribution in [2.24, 2.45) is 0 Å². The smallest absolute Gasteiger partial charge is 0.373 e. The Bertz CT molecular complexity index is 988. The average molecular weight is 354 g/mol. The molecule has 0 radical (unpaired) electrons. The van der Waals surface area contributed by atoms with Crippen LogP contribution in [0.25, 0.3) is 5.88 Å². The van der Waals surface area contributed by atoms with Gasteiger partial charge in [0.15, 0.2) is 0 Å². The lowest BCUT2D eigenvalue weighted by Crippen LogP contribution is -2.07. The summed E-state index contributed by atoms with van der Waals surface area (Å²) in [5.41, 5.74) is 0.134. The third-order valence-corrected chi connectivity index (χ3v) is 3.61. The van der Waals surface area contributed by atoms with Gasteiger partial charge in [0.1, 0.15) is 35.3 Å². The van der Waals surface area contributed by atoms with Crippen LogP contribution in [0.15, 0.2) is 45.5 Å². The molecule has 3 rings (SSSR count). The number of hydrogen-bond donors (Lipinski definition) is 0. The Hall–Kier alpha value is -3.73. The van der Waals surface area contributed by atoms with E-state index in [2.05, 4.69) is 4.74 Å². The van der Waals surface area contributed by atoms with Gasteiger partial charge in [0, 0.05) is 12.4 Å². The van der Waals surface area contributed by atoms with Crippen LogP contribution in [0.1, 0.15) is 38.0 Å². The van der Waals surface area contributed by atoms with Gasteiger partial charge < -0.3 is 18.3 Å². The lowest BCUT2D eigenvalue weighted by atomic mass is 10.1. The Morgan fingerprint density at radius 2 is 1.92 bits per heavy atom. The summed E-state index contributed by atoms with van der Waals surface area (Å²) in [4.78, 5) is 23.8. The van der Waals surface area contributed by atoms with E-state index in [-0.39, 0.29) is 40.9 Å². The highest BCUT2D eigenvalue weighted by Crippen LogP contribution is 2.26. The van der Waals surface area contributed by atoms with Crippen LogP contribution in [0.4, 0.5) is 0 Å². The largest absolute Gasteiger partial charge is 0.463 e. The van der Waals surface area contributed by atoms with Gasteiger partial charge in [-0.3, -0.25) is 4.57 Å². The molecule has 0 fully saturated rings. The highest BCUT2D eigenvalue weighted by molar-refractivity contribution is 5.94. The van der Waals surface area contributed by atoms with Crippen LogP contribution in [0, 0.1) is 18.3 Å². The van der Waals surface area contributed by atoms with Crippen molar-refractivity contribution in [2.45, 2.75) is 13.5 Å². The number of furan rings is 2. The van der Waals surface area contributed by atoms with Crippen LogP contribution in [-0.4, -0.2) is 23.6 Å². The van der Waals surface area contributed by atoms with Crippen LogP contribution in [0.5, 0.6) is 0 Å². The summed E-state index contributed by atoms with van der Waals surface area (Å²) >= 11 is 0. The molecule has 0 aliphatic heterocycles. The second-order valence-corrected chi connectivity index (χ2v) is 5.25. The summed E-state index contributed by atoms with van der Waals surface area (Å²) < 4.78 is 22.1. The second kappa shape index (κ2) is 7.03. The molecule has 0 amide bonds. The van der Waals surface area contributed by atoms with E-state index in [0.717, 1.165) is 0 Å². The fourth-order valence-corrected chi connectivity index (χ4v) is 2.41. The van der Waals surface area contributed by atoms with Gasteiger partial charge in [-0.05, 0) is 31.2 Å². The molecule has 26 heavy (non-hydrogen) atoms. The number of nitriles is 1. The minimum Gasteiger partial charge on any atom is -0.463 e. The molecule has 132 valence electrons. The first-order chi connectivity index (χ1) is 12.5. The molecular weight excluding hydrogens is 340 g/mol. The minimum atomic E-state index is -0.725. The van der Waals surface area contributed by atoms with Crippen molar-refractivity contribution in [3.05, 3.63) is 65.1 Å². The maximum atomic E-state index is 12.4. The van der Waals surface area contributed by atoms with E-state index in [0.29, 0.717) is 0 Å². The monoisotopic (exact) mass is 354 g/mol. The Morgan fingerprint density at radius 1 is 1.19 bits per heavy atom. The zero-order chi connectivity index (χ0) is 18.7. The van der Waals surface area contributed by atoms with Crippen molar-refractivity contribution < 1.29 is 27.9 Å². The van der Waals surface area contributed by atoms with Gasteiger partial charge in [0.05, 0.1) is 7.11 Å². The lowest BCUT2D eigenvalue weighted by Gasteiger charge is -2.02. The molecule has 0 atom stereocenters. The molecular formula is C18H14N2O6. The summed E-state index contributed by atoms with van der Waals surface area (Å²) in [6.45, 7) is 1.37. The van der Waals surface area contributed by atoms with Crippen molar-refractivity contribution in [1.29, 1.82) is 5.26 Å². The Balaban J connectivity index is 1.79. The van der Waals surface area contributed by atoms with Crippen LogP contribution >= 0.6 is 0 Å². The number of rotatable bonds is 5. The van der Waals surface area contributed by atoms with E-state index in [1.165, 1.54) is 19.2 Å². The number of hydrogen-bond acceptors (Lipinski definition) is 7. The van der Waals surface area contributed by atoms with Crippen LogP contribution < -0.4 is 0 Å². The highest BCUT2D eigenvalue weighted by Gasteiger charge is 2.26. The van der Waals surface area contributed by atoms with E-state index >= 15 is 0 Å². The number of aromatic nitrogens is 1. The first-order valence-corrected chi connectivity index (χ1v) is 7.56. The van der Waals surface area contributed by atoms with Gasteiger partial charge in [-0.1, -0.05) is 0 Å². The van der Waals surface area contributed by atoms with E-state index in [1.54, 1.807) is 36.0 Å². The predicted octanol–water partition coefficient (Wildman–Crippen LogP) is 2.99. The molecule has 3 heterocycles. The maximum absolute atomic E-state index is 12.4. The first kappa shape index (κ1) is 17.1. The summed E-state index contributed by atoms with van der Waals surface area (Å²) in [6.07, 6.45) is 3.40. The Morgan fingerprint density at radius 3 is 2.58 bits per heavy atom. The zero-order valence-corrected chi connectivity index (χ0v) is 14.0.